The van der Waals surface area contributed by atoms with Crippen molar-refractivity contribution in [3.05, 3.63) is 35.8 Å². The molecule has 3 heteroatoms. The minimum absolute atomic E-state index is 0.201. The average Bonchev–Trinajstić information content (AvgIpc) is 2.56. The Balaban J connectivity index is 2.23. The quantitative estimate of drug-likeness (QED) is 0.794. The zero-order chi connectivity index (χ0) is 10.8. The lowest BCUT2D eigenvalue weighted by Gasteiger charge is -2.05. The van der Waals surface area contributed by atoms with Crippen molar-refractivity contribution in [1.82, 2.24) is 10.3 Å². The van der Waals surface area contributed by atoms with Gasteiger partial charge in [-0.1, -0.05) is 13.8 Å². The van der Waals surface area contributed by atoms with E-state index in [1.807, 2.05) is 6.07 Å². The Hall–Kier alpha value is -1.35. The van der Waals surface area contributed by atoms with Crippen LogP contribution in [0.4, 0.5) is 4.39 Å². The molecule has 0 radical (unpaired) electrons. The third kappa shape index (κ3) is 2.36. The molecule has 0 spiro atoms. The van der Waals surface area contributed by atoms with Crippen LogP contribution < -0.4 is 5.32 Å². The van der Waals surface area contributed by atoms with Gasteiger partial charge in [-0.05, 0) is 29.7 Å². The fourth-order valence-electron chi connectivity index (χ4n) is 1.57. The van der Waals surface area contributed by atoms with Crippen LogP contribution in [0.25, 0.3) is 10.9 Å². The Kier molecular flexibility index (Phi) is 2.73. The molecule has 0 bridgehead atoms. The molecule has 80 valence electrons. The van der Waals surface area contributed by atoms with Gasteiger partial charge in [0, 0.05) is 23.8 Å². The highest BCUT2D eigenvalue weighted by molar-refractivity contribution is 5.80. The van der Waals surface area contributed by atoms with Crippen molar-refractivity contribution in [2.75, 3.05) is 0 Å². The second-order valence-electron chi connectivity index (χ2n) is 4.06. The standard InChI is InChI=1S/C12H15FN2/c1-8(2)14-7-11-5-9-3-4-10(13)6-12(9)15-11/h3-6,8,14-15H,7H2,1-2H3. The summed E-state index contributed by atoms with van der Waals surface area (Å²) in [5.41, 5.74) is 1.94. The minimum Gasteiger partial charge on any atom is -0.357 e. The van der Waals surface area contributed by atoms with Gasteiger partial charge in [0.05, 0.1) is 0 Å². The molecule has 0 aliphatic carbocycles. The van der Waals surface area contributed by atoms with Crippen LogP contribution in [0.15, 0.2) is 24.3 Å². The first kappa shape index (κ1) is 10.2. The molecule has 15 heavy (non-hydrogen) atoms. The average molecular weight is 206 g/mol. The number of hydrogen-bond acceptors (Lipinski definition) is 1. The highest BCUT2D eigenvalue weighted by atomic mass is 19.1. The van der Waals surface area contributed by atoms with Gasteiger partial charge < -0.3 is 10.3 Å². The molecule has 1 aromatic carbocycles. The first-order chi connectivity index (χ1) is 7.15. The monoisotopic (exact) mass is 206 g/mol. The maximum atomic E-state index is 12.9. The van der Waals surface area contributed by atoms with Crippen LogP contribution in [0.2, 0.25) is 0 Å². The molecule has 1 heterocycles. The number of fused-ring (bicyclic) bond motifs is 1. The van der Waals surface area contributed by atoms with Gasteiger partial charge in [0.25, 0.3) is 0 Å². The van der Waals surface area contributed by atoms with Gasteiger partial charge in [-0.25, -0.2) is 4.39 Å². The normalized spacial score (nSPS) is 11.5. The van der Waals surface area contributed by atoms with E-state index in [9.17, 15) is 4.39 Å². The first-order valence-corrected chi connectivity index (χ1v) is 5.15. The maximum absolute atomic E-state index is 12.9. The van der Waals surface area contributed by atoms with E-state index >= 15 is 0 Å². The number of rotatable bonds is 3. The van der Waals surface area contributed by atoms with Crippen molar-refractivity contribution in [3.8, 4) is 0 Å². The summed E-state index contributed by atoms with van der Waals surface area (Å²) in [5.74, 6) is -0.201. The van der Waals surface area contributed by atoms with Gasteiger partial charge in [0.2, 0.25) is 0 Å². The highest BCUT2D eigenvalue weighted by Gasteiger charge is 2.02. The van der Waals surface area contributed by atoms with Gasteiger partial charge in [-0.3, -0.25) is 0 Å². The molecule has 0 saturated heterocycles. The number of aromatic amines is 1. The van der Waals surface area contributed by atoms with Crippen molar-refractivity contribution < 1.29 is 4.39 Å². The number of H-pyrrole nitrogens is 1. The second-order valence-corrected chi connectivity index (χ2v) is 4.06. The lowest BCUT2D eigenvalue weighted by Crippen LogP contribution is -2.21. The Morgan fingerprint density at radius 2 is 2.13 bits per heavy atom. The van der Waals surface area contributed by atoms with E-state index in [0.717, 1.165) is 23.1 Å². The van der Waals surface area contributed by atoms with E-state index in [1.165, 1.54) is 12.1 Å². The molecule has 1 aromatic heterocycles. The van der Waals surface area contributed by atoms with Crippen LogP contribution in [0.5, 0.6) is 0 Å². The van der Waals surface area contributed by atoms with E-state index in [0.29, 0.717) is 6.04 Å². The Morgan fingerprint density at radius 1 is 1.33 bits per heavy atom. The van der Waals surface area contributed by atoms with E-state index in [4.69, 9.17) is 0 Å². The lowest BCUT2D eigenvalue weighted by atomic mass is 10.2. The van der Waals surface area contributed by atoms with Crippen molar-refractivity contribution in [2.45, 2.75) is 26.4 Å². The van der Waals surface area contributed by atoms with Gasteiger partial charge in [0.15, 0.2) is 0 Å². The predicted octanol–water partition coefficient (Wildman–Crippen LogP) is 2.81. The highest BCUT2D eigenvalue weighted by Crippen LogP contribution is 2.16. The molecule has 0 aliphatic rings. The van der Waals surface area contributed by atoms with Crippen molar-refractivity contribution in [1.29, 1.82) is 0 Å². The Labute approximate surface area is 88.5 Å². The third-order valence-electron chi connectivity index (χ3n) is 2.34. The number of benzene rings is 1. The largest absolute Gasteiger partial charge is 0.357 e. The van der Waals surface area contributed by atoms with Gasteiger partial charge in [-0.2, -0.15) is 0 Å². The van der Waals surface area contributed by atoms with Crippen molar-refractivity contribution in [2.24, 2.45) is 0 Å². The van der Waals surface area contributed by atoms with E-state index in [2.05, 4.69) is 24.1 Å². The van der Waals surface area contributed by atoms with Crippen LogP contribution in [0.1, 0.15) is 19.5 Å². The SMILES string of the molecule is CC(C)NCc1cc2ccc(F)cc2[nH]1. The first-order valence-electron chi connectivity index (χ1n) is 5.15. The Morgan fingerprint density at radius 3 is 2.87 bits per heavy atom. The summed E-state index contributed by atoms with van der Waals surface area (Å²) in [5, 5.41) is 4.37. The van der Waals surface area contributed by atoms with Crippen LogP contribution in [0.3, 0.4) is 0 Å². The molecule has 0 saturated carbocycles. The van der Waals surface area contributed by atoms with Crippen molar-refractivity contribution in [3.63, 3.8) is 0 Å². The summed E-state index contributed by atoms with van der Waals surface area (Å²) in [6, 6.07) is 7.29. The van der Waals surface area contributed by atoms with Crippen LogP contribution in [-0.4, -0.2) is 11.0 Å². The fraction of sp³-hybridized carbons (Fsp3) is 0.333. The smallest absolute Gasteiger partial charge is 0.125 e. The molecule has 0 atom stereocenters. The van der Waals surface area contributed by atoms with Crippen LogP contribution >= 0.6 is 0 Å². The number of aromatic nitrogens is 1. The lowest BCUT2D eigenvalue weighted by molar-refractivity contribution is 0.583. The summed E-state index contributed by atoms with van der Waals surface area (Å²) in [7, 11) is 0. The van der Waals surface area contributed by atoms with E-state index < -0.39 is 0 Å². The zero-order valence-corrected chi connectivity index (χ0v) is 8.97. The van der Waals surface area contributed by atoms with Gasteiger partial charge in [-0.15, -0.1) is 0 Å². The summed E-state index contributed by atoms with van der Waals surface area (Å²) >= 11 is 0. The van der Waals surface area contributed by atoms with E-state index in [1.54, 1.807) is 6.07 Å². The van der Waals surface area contributed by atoms with Crippen LogP contribution in [-0.2, 0) is 6.54 Å². The topological polar surface area (TPSA) is 27.8 Å². The molecule has 0 fully saturated rings. The summed E-state index contributed by atoms with van der Waals surface area (Å²) in [6.07, 6.45) is 0. The molecule has 0 amide bonds. The minimum atomic E-state index is -0.201. The Bertz CT molecular complexity index is 460. The van der Waals surface area contributed by atoms with E-state index in [-0.39, 0.29) is 5.82 Å². The van der Waals surface area contributed by atoms with Gasteiger partial charge in [0.1, 0.15) is 5.82 Å². The zero-order valence-electron chi connectivity index (χ0n) is 8.97. The molecule has 2 aromatic rings. The fourth-order valence-corrected chi connectivity index (χ4v) is 1.57. The maximum Gasteiger partial charge on any atom is 0.125 e. The molecule has 0 aliphatic heterocycles. The third-order valence-corrected chi connectivity index (χ3v) is 2.34. The molecule has 2 nitrogen and oxygen atoms in total. The van der Waals surface area contributed by atoms with Crippen molar-refractivity contribution >= 4 is 10.9 Å². The molecule has 2 rings (SSSR count). The molecular weight excluding hydrogens is 191 g/mol. The second kappa shape index (κ2) is 4.03. The van der Waals surface area contributed by atoms with Crippen LogP contribution in [0, 0.1) is 5.82 Å². The summed E-state index contributed by atoms with van der Waals surface area (Å²) in [4.78, 5) is 3.19. The number of hydrogen-bond donors (Lipinski definition) is 2. The molecule has 2 N–H and O–H groups in total. The number of nitrogens with one attached hydrogen (secondary N) is 2. The molecule has 0 unspecified atom stereocenters. The summed E-state index contributed by atoms with van der Waals surface area (Å²) in [6.45, 7) is 4.98. The predicted molar refractivity (Wildman–Crippen MR) is 60.2 cm³/mol. The van der Waals surface area contributed by atoms with Gasteiger partial charge >= 0.3 is 0 Å². The summed E-state index contributed by atoms with van der Waals surface area (Å²) < 4.78 is 12.9. The molecular formula is C12H15FN2. The number of halogens is 1.